The Balaban J connectivity index is 1.71. The summed E-state index contributed by atoms with van der Waals surface area (Å²) in [7, 11) is 0. The van der Waals surface area contributed by atoms with Gasteiger partial charge in [0.15, 0.2) is 0 Å². The van der Waals surface area contributed by atoms with Crippen molar-refractivity contribution in [3.05, 3.63) is 57.8 Å². The minimum atomic E-state index is -0.248. The molecule has 2 nitrogen and oxygen atoms in total. The van der Waals surface area contributed by atoms with Crippen molar-refractivity contribution in [1.82, 2.24) is 5.32 Å². The topological polar surface area (TPSA) is 21.3 Å². The zero-order chi connectivity index (χ0) is 14.8. The van der Waals surface area contributed by atoms with Gasteiger partial charge in [0, 0.05) is 17.1 Å². The molecule has 0 atom stereocenters. The monoisotopic (exact) mass is 349 g/mol. The summed E-state index contributed by atoms with van der Waals surface area (Å²) in [5.74, 6) is 1.17. The summed E-state index contributed by atoms with van der Waals surface area (Å²) in [5.41, 5.74) is 2.00. The van der Waals surface area contributed by atoms with Gasteiger partial charge in [0.05, 0.1) is 0 Å². The first-order chi connectivity index (χ1) is 10.1. The summed E-state index contributed by atoms with van der Waals surface area (Å²) >= 11 is 3.58. The maximum atomic E-state index is 13.1. The zero-order valence-electron chi connectivity index (χ0n) is 11.8. The zero-order valence-corrected chi connectivity index (χ0v) is 13.4. The maximum Gasteiger partial charge on any atom is 0.130 e. The van der Waals surface area contributed by atoms with Gasteiger partial charge in [-0.3, -0.25) is 0 Å². The second kappa shape index (κ2) is 6.16. The Hall–Kier alpha value is -1.39. The fraction of sp³-hybridized carbons (Fsp3) is 0.294. The predicted octanol–water partition coefficient (Wildman–Crippen LogP) is 4.94. The third-order valence-corrected chi connectivity index (χ3v) is 4.29. The van der Waals surface area contributed by atoms with Crippen molar-refractivity contribution in [2.24, 2.45) is 0 Å². The third kappa shape index (κ3) is 3.83. The largest absolute Gasteiger partial charge is 0.457 e. The highest BCUT2D eigenvalue weighted by atomic mass is 79.9. The molecule has 2 aromatic rings. The highest BCUT2D eigenvalue weighted by molar-refractivity contribution is 9.10. The lowest BCUT2D eigenvalue weighted by molar-refractivity contribution is 0.476. The van der Waals surface area contributed by atoms with Crippen LogP contribution in [0.5, 0.6) is 11.5 Å². The summed E-state index contributed by atoms with van der Waals surface area (Å²) in [6.45, 7) is 2.70. The molecule has 2 aromatic carbocycles. The molecule has 0 spiro atoms. The second-order valence-corrected chi connectivity index (χ2v) is 6.27. The predicted molar refractivity (Wildman–Crippen MR) is 85.2 cm³/mol. The molecule has 21 heavy (non-hydrogen) atoms. The minimum absolute atomic E-state index is 0.248. The van der Waals surface area contributed by atoms with Gasteiger partial charge in [-0.1, -0.05) is 22.0 Å². The van der Waals surface area contributed by atoms with E-state index in [0.29, 0.717) is 11.8 Å². The van der Waals surface area contributed by atoms with Crippen LogP contribution in [0.25, 0.3) is 0 Å². The molecule has 1 saturated carbocycles. The van der Waals surface area contributed by atoms with Gasteiger partial charge in [-0.2, -0.15) is 0 Å². The minimum Gasteiger partial charge on any atom is -0.457 e. The number of aryl methyl sites for hydroxylation is 1. The SMILES string of the molecule is Cc1cc(F)ccc1Oc1ccc(CNC2CC2)c(Br)c1. The molecule has 110 valence electrons. The summed E-state index contributed by atoms with van der Waals surface area (Å²) in [5, 5.41) is 3.49. The third-order valence-electron chi connectivity index (χ3n) is 3.55. The van der Waals surface area contributed by atoms with Crippen LogP contribution >= 0.6 is 15.9 Å². The van der Waals surface area contributed by atoms with E-state index in [4.69, 9.17) is 4.74 Å². The van der Waals surface area contributed by atoms with Crippen LogP contribution in [0.2, 0.25) is 0 Å². The molecule has 0 amide bonds. The lowest BCUT2D eigenvalue weighted by Crippen LogP contribution is -2.15. The number of rotatable bonds is 5. The Labute approximate surface area is 132 Å². The van der Waals surface area contributed by atoms with Gasteiger partial charge in [0.25, 0.3) is 0 Å². The average molecular weight is 350 g/mol. The van der Waals surface area contributed by atoms with Crippen LogP contribution in [-0.2, 0) is 6.54 Å². The van der Waals surface area contributed by atoms with Gasteiger partial charge in [-0.15, -0.1) is 0 Å². The van der Waals surface area contributed by atoms with Gasteiger partial charge in [-0.05, 0) is 61.2 Å². The van der Waals surface area contributed by atoms with Crippen LogP contribution in [0.3, 0.4) is 0 Å². The normalized spacial score (nSPS) is 14.2. The van der Waals surface area contributed by atoms with Gasteiger partial charge in [-0.25, -0.2) is 4.39 Å². The first-order valence-electron chi connectivity index (χ1n) is 7.07. The van der Waals surface area contributed by atoms with Crippen molar-refractivity contribution in [2.45, 2.75) is 32.4 Å². The van der Waals surface area contributed by atoms with Gasteiger partial charge in [0.1, 0.15) is 17.3 Å². The summed E-state index contributed by atoms with van der Waals surface area (Å²) in [4.78, 5) is 0. The molecule has 4 heteroatoms. The van der Waals surface area contributed by atoms with Gasteiger partial charge < -0.3 is 10.1 Å². The fourth-order valence-electron chi connectivity index (χ4n) is 2.13. The molecule has 0 saturated heterocycles. The first kappa shape index (κ1) is 14.5. The molecule has 1 aliphatic rings. The van der Waals surface area contributed by atoms with Crippen LogP contribution in [0.15, 0.2) is 40.9 Å². The lowest BCUT2D eigenvalue weighted by atomic mass is 10.2. The highest BCUT2D eigenvalue weighted by Gasteiger charge is 2.20. The molecule has 0 bridgehead atoms. The standard InChI is InChI=1S/C17H17BrFNO/c1-11-8-13(19)3-7-17(11)21-15-6-2-12(16(18)9-15)10-20-14-4-5-14/h2-3,6-9,14,20H,4-5,10H2,1H3. The van der Waals surface area contributed by atoms with Crippen molar-refractivity contribution < 1.29 is 9.13 Å². The second-order valence-electron chi connectivity index (χ2n) is 5.42. The van der Waals surface area contributed by atoms with E-state index in [9.17, 15) is 4.39 Å². The highest BCUT2D eigenvalue weighted by Crippen LogP contribution is 2.30. The number of hydrogen-bond acceptors (Lipinski definition) is 2. The van der Waals surface area contributed by atoms with Crippen LogP contribution in [0.1, 0.15) is 24.0 Å². The Kier molecular flexibility index (Phi) is 4.27. The number of ether oxygens (including phenoxy) is 1. The van der Waals surface area contributed by atoms with Crippen LogP contribution in [-0.4, -0.2) is 6.04 Å². The van der Waals surface area contributed by atoms with Crippen LogP contribution in [0.4, 0.5) is 4.39 Å². The molecule has 0 radical (unpaired) electrons. The summed E-state index contributed by atoms with van der Waals surface area (Å²) < 4.78 is 19.9. The average Bonchev–Trinajstić information content (AvgIpc) is 3.25. The molecular weight excluding hydrogens is 333 g/mol. The van der Waals surface area contributed by atoms with Crippen molar-refractivity contribution in [1.29, 1.82) is 0 Å². The van der Waals surface area contributed by atoms with E-state index in [1.54, 1.807) is 6.07 Å². The molecule has 0 aromatic heterocycles. The van der Waals surface area contributed by atoms with Crippen molar-refractivity contribution in [3.63, 3.8) is 0 Å². The van der Waals surface area contributed by atoms with Crippen LogP contribution < -0.4 is 10.1 Å². The number of hydrogen-bond donors (Lipinski definition) is 1. The molecule has 1 fully saturated rings. The van der Waals surface area contributed by atoms with Gasteiger partial charge in [0.2, 0.25) is 0 Å². The summed E-state index contributed by atoms with van der Waals surface area (Å²) in [6.07, 6.45) is 2.56. The Morgan fingerprint density at radius 3 is 2.71 bits per heavy atom. The smallest absolute Gasteiger partial charge is 0.130 e. The molecule has 0 unspecified atom stereocenters. The summed E-state index contributed by atoms with van der Waals surface area (Å²) in [6, 6.07) is 11.2. The van der Waals surface area contributed by atoms with E-state index in [1.165, 1.54) is 30.5 Å². The number of benzene rings is 2. The van der Waals surface area contributed by atoms with E-state index in [2.05, 4.69) is 21.2 Å². The molecular formula is C17H17BrFNO. The van der Waals surface area contributed by atoms with E-state index in [0.717, 1.165) is 22.3 Å². The lowest BCUT2D eigenvalue weighted by Gasteiger charge is -2.11. The van der Waals surface area contributed by atoms with Gasteiger partial charge >= 0.3 is 0 Å². The fourth-order valence-corrected chi connectivity index (χ4v) is 2.63. The van der Waals surface area contributed by atoms with E-state index in [1.807, 2.05) is 25.1 Å². The number of halogens is 2. The molecule has 0 aliphatic heterocycles. The van der Waals surface area contributed by atoms with Crippen molar-refractivity contribution >= 4 is 15.9 Å². The first-order valence-corrected chi connectivity index (χ1v) is 7.87. The molecule has 3 rings (SSSR count). The quantitative estimate of drug-likeness (QED) is 0.825. The molecule has 1 aliphatic carbocycles. The molecule has 0 heterocycles. The molecule has 1 N–H and O–H groups in total. The van der Waals surface area contributed by atoms with E-state index < -0.39 is 0 Å². The Morgan fingerprint density at radius 1 is 1.24 bits per heavy atom. The maximum absolute atomic E-state index is 13.1. The van der Waals surface area contributed by atoms with E-state index >= 15 is 0 Å². The van der Waals surface area contributed by atoms with E-state index in [-0.39, 0.29) is 5.82 Å². The Bertz CT molecular complexity index is 655. The van der Waals surface area contributed by atoms with Crippen LogP contribution in [0, 0.1) is 12.7 Å². The number of nitrogens with one attached hydrogen (secondary N) is 1. The van der Waals surface area contributed by atoms with Crippen molar-refractivity contribution in [2.75, 3.05) is 0 Å². The Morgan fingerprint density at radius 2 is 2.05 bits per heavy atom. The van der Waals surface area contributed by atoms with Crippen molar-refractivity contribution in [3.8, 4) is 11.5 Å².